The fourth-order valence-electron chi connectivity index (χ4n) is 5.02. The molecule has 3 nitrogen and oxygen atoms in total. The molecule has 0 aliphatic carbocycles. The van der Waals surface area contributed by atoms with Crippen molar-refractivity contribution >= 4 is 17.5 Å². The van der Waals surface area contributed by atoms with Gasteiger partial charge in [0.2, 0.25) is 5.91 Å². The summed E-state index contributed by atoms with van der Waals surface area (Å²) in [5.41, 5.74) is 3.85. The van der Waals surface area contributed by atoms with Crippen LogP contribution in [0, 0.1) is 5.92 Å². The monoisotopic (exact) mass is 474 g/mol. The Kier molecular flexibility index (Phi) is 8.42. The number of hydrogen-bond acceptors (Lipinski definition) is 2. The number of nitrogens with zero attached hydrogens (tertiary/aromatic N) is 1. The first-order chi connectivity index (χ1) is 16.5. The lowest BCUT2D eigenvalue weighted by Crippen LogP contribution is -2.52. The van der Waals surface area contributed by atoms with Gasteiger partial charge >= 0.3 is 0 Å². The maximum Gasteiger partial charge on any atom is 0.239 e. The third kappa shape index (κ3) is 6.08. The van der Waals surface area contributed by atoms with Gasteiger partial charge in [-0.2, -0.15) is 0 Å². The van der Waals surface area contributed by atoms with Gasteiger partial charge in [-0.15, -0.1) is 0 Å². The summed E-state index contributed by atoms with van der Waals surface area (Å²) in [5, 5.41) is 4.43. The molecule has 1 amide bonds. The number of carbonyl (C=O) groups excluding carboxylic acids is 1. The maximum absolute atomic E-state index is 13.6. The molecular weight excluding hydrogens is 440 g/mol. The van der Waals surface area contributed by atoms with Crippen molar-refractivity contribution in [1.29, 1.82) is 0 Å². The van der Waals surface area contributed by atoms with Crippen molar-refractivity contribution in [3.05, 3.63) is 107 Å². The van der Waals surface area contributed by atoms with E-state index < -0.39 is 0 Å². The zero-order valence-corrected chi connectivity index (χ0v) is 20.9. The number of rotatable bonds is 8. The van der Waals surface area contributed by atoms with Crippen LogP contribution >= 0.6 is 11.6 Å². The molecule has 1 heterocycles. The van der Waals surface area contributed by atoms with Gasteiger partial charge in [0.25, 0.3) is 0 Å². The van der Waals surface area contributed by atoms with E-state index >= 15 is 0 Å². The summed E-state index contributed by atoms with van der Waals surface area (Å²) in [7, 11) is 0. The molecule has 1 atom stereocenters. The minimum Gasteiger partial charge on any atom is -0.341 e. The van der Waals surface area contributed by atoms with Crippen LogP contribution in [0.1, 0.15) is 55.2 Å². The van der Waals surface area contributed by atoms with Crippen LogP contribution in [0.4, 0.5) is 0 Å². The van der Waals surface area contributed by atoms with E-state index in [0.717, 1.165) is 37.5 Å². The van der Waals surface area contributed by atoms with Crippen molar-refractivity contribution in [1.82, 2.24) is 10.2 Å². The predicted octanol–water partition coefficient (Wildman–Crippen LogP) is 6.49. The highest BCUT2D eigenvalue weighted by atomic mass is 35.5. The molecule has 4 rings (SSSR count). The van der Waals surface area contributed by atoms with Crippen LogP contribution in [-0.2, 0) is 4.79 Å². The Hall–Kier alpha value is -2.62. The normalized spacial score (nSPS) is 15.6. The quantitative estimate of drug-likeness (QED) is 0.404. The number of piperidine rings is 1. The number of halogens is 1. The molecule has 1 unspecified atom stereocenters. The molecule has 0 spiro atoms. The highest BCUT2D eigenvalue weighted by Gasteiger charge is 2.31. The molecule has 1 aliphatic heterocycles. The van der Waals surface area contributed by atoms with Crippen LogP contribution in [0.5, 0.6) is 0 Å². The molecule has 0 aromatic heterocycles. The van der Waals surface area contributed by atoms with E-state index in [9.17, 15) is 4.79 Å². The van der Waals surface area contributed by atoms with Gasteiger partial charge in [0.1, 0.15) is 0 Å². The van der Waals surface area contributed by atoms with Gasteiger partial charge in [-0.1, -0.05) is 98.2 Å². The first-order valence-electron chi connectivity index (χ1n) is 12.4. The molecule has 3 aromatic rings. The van der Waals surface area contributed by atoms with E-state index in [4.69, 9.17) is 11.6 Å². The zero-order valence-electron chi connectivity index (χ0n) is 20.2. The van der Waals surface area contributed by atoms with Gasteiger partial charge in [-0.3, -0.25) is 4.79 Å². The van der Waals surface area contributed by atoms with Gasteiger partial charge < -0.3 is 10.2 Å². The van der Waals surface area contributed by atoms with Crippen molar-refractivity contribution in [3.63, 3.8) is 0 Å². The minimum absolute atomic E-state index is 0.193. The molecule has 1 aliphatic rings. The number of likely N-dealkylation sites (tertiary alicyclic amines) is 1. The summed E-state index contributed by atoms with van der Waals surface area (Å²) in [6, 6.07) is 29.1. The van der Waals surface area contributed by atoms with Crippen molar-refractivity contribution < 1.29 is 4.79 Å². The van der Waals surface area contributed by atoms with Gasteiger partial charge in [-0.25, -0.2) is 0 Å². The third-order valence-corrected chi connectivity index (χ3v) is 7.28. The molecule has 1 fully saturated rings. The molecule has 3 aromatic carbocycles. The minimum atomic E-state index is -0.193. The van der Waals surface area contributed by atoms with Gasteiger partial charge in [0.15, 0.2) is 0 Å². The lowest BCUT2D eigenvalue weighted by molar-refractivity contribution is -0.135. The van der Waals surface area contributed by atoms with Gasteiger partial charge in [0.05, 0.1) is 6.04 Å². The predicted molar refractivity (Wildman–Crippen MR) is 141 cm³/mol. The zero-order chi connectivity index (χ0) is 23.9. The molecule has 1 saturated heterocycles. The lowest BCUT2D eigenvalue weighted by Gasteiger charge is -2.36. The Morgan fingerprint density at radius 2 is 1.41 bits per heavy atom. The van der Waals surface area contributed by atoms with Crippen molar-refractivity contribution in [3.8, 4) is 0 Å². The van der Waals surface area contributed by atoms with Crippen LogP contribution < -0.4 is 5.32 Å². The number of benzene rings is 3. The van der Waals surface area contributed by atoms with E-state index in [0.29, 0.717) is 5.92 Å². The number of amides is 1. The number of hydrogen-bond donors (Lipinski definition) is 1. The lowest BCUT2D eigenvalue weighted by atomic mass is 9.88. The fourth-order valence-corrected chi connectivity index (χ4v) is 5.14. The first-order valence-corrected chi connectivity index (χ1v) is 12.8. The summed E-state index contributed by atoms with van der Waals surface area (Å²) in [5.74, 6) is 1.14. The molecule has 34 heavy (non-hydrogen) atoms. The summed E-state index contributed by atoms with van der Waals surface area (Å²) < 4.78 is 0. The molecular formula is C30H35ClN2O. The van der Waals surface area contributed by atoms with Crippen LogP contribution in [0.25, 0.3) is 0 Å². The first kappa shape index (κ1) is 24.5. The molecule has 0 radical (unpaired) electrons. The van der Waals surface area contributed by atoms with Crippen LogP contribution in [0.3, 0.4) is 0 Å². The molecule has 4 heteroatoms. The third-order valence-electron chi connectivity index (χ3n) is 7.03. The second-order valence-corrected chi connectivity index (χ2v) is 10.1. The Balaban J connectivity index is 1.41. The SMILES string of the molecule is CC(C)C(NCC(c1ccccc1)c1ccccc1)C(=O)N1CCC(c2ccc(Cl)cc2)CC1. The van der Waals surface area contributed by atoms with Crippen LogP contribution in [-0.4, -0.2) is 36.5 Å². The second-order valence-electron chi connectivity index (χ2n) is 9.65. The van der Waals surface area contributed by atoms with Crippen LogP contribution in [0.2, 0.25) is 5.02 Å². The van der Waals surface area contributed by atoms with E-state index in [1.165, 1.54) is 16.7 Å². The Morgan fingerprint density at radius 1 is 0.882 bits per heavy atom. The van der Waals surface area contributed by atoms with Crippen molar-refractivity contribution in [2.75, 3.05) is 19.6 Å². The standard InChI is InChI=1S/C30H35ClN2O/c1-22(2)29(30(34)33-19-17-24(18-20-33)23-13-15-27(31)16-14-23)32-21-28(25-9-5-3-6-10-25)26-11-7-4-8-12-26/h3-16,22,24,28-29,32H,17-21H2,1-2H3. The van der Waals surface area contributed by atoms with E-state index in [1.807, 2.05) is 24.3 Å². The number of nitrogens with one attached hydrogen (secondary N) is 1. The van der Waals surface area contributed by atoms with Crippen molar-refractivity contribution in [2.45, 2.75) is 44.6 Å². The topological polar surface area (TPSA) is 32.3 Å². The average Bonchev–Trinajstić information content (AvgIpc) is 2.88. The molecule has 178 valence electrons. The Morgan fingerprint density at radius 3 is 1.91 bits per heavy atom. The maximum atomic E-state index is 13.6. The summed E-state index contributed by atoms with van der Waals surface area (Å²) in [6.45, 7) is 6.60. The molecule has 0 saturated carbocycles. The molecule has 1 N–H and O–H groups in total. The summed E-state index contributed by atoms with van der Waals surface area (Å²) >= 11 is 6.05. The van der Waals surface area contributed by atoms with Gasteiger partial charge in [0, 0.05) is 30.6 Å². The fraction of sp³-hybridized carbons (Fsp3) is 0.367. The van der Waals surface area contributed by atoms with E-state index in [-0.39, 0.29) is 23.8 Å². The van der Waals surface area contributed by atoms with E-state index in [1.54, 1.807) is 0 Å². The Labute approximate surface area is 209 Å². The number of carbonyl (C=O) groups is 1. The Bertz CT molecular complexity index is 989. The second kappa shape index (κ2) is 11.7. The van der Waals surface area contributed by atoms with Gasteiger partial charge in [-0.05, 0) is 53.5 Å². The smallest absolute Gasteiger partial charge is 0.239 e. The summed E-state index contributed by atoms with van der Waals surface area (Å²) in [6.07, 6.45) is 1.99. The largest absolute Gasteiger partial charge is 0.341 e. The molecule has 0 bridgehead atoms. The van der Waals surface area contributed by atoms with E-state index in [2.05, 4.69) is 84.7 Å². The summed E-state index contributed by atoms with van der Waals surface area (Å²) in [4.78, 5) is 15.6. The van der Waals surface area contributed by atoms with Crippen molar-refractivity contribution in [2.24, 2.45) is 5.92 Å². The average molecular weight is 475 g/mol. The van der Waals surface area contributed by atoms with Crippen LogP contribution in [0.15, 0.2) is 84.9 Å². The highest BCUT2D eigenvalue weighted by Crippen LogP contribution is 2.30. The highest BCUT2D eigenvalue weighted by molar-refractivity contribution is 6.30.